The zero-order chi connectivity index (χ0) is 27.6. The predicted octanol–water partition coefficient (Wildman–Crippen LogP) is 3.80. The molecule has 202 valence electrons. The molecule has 0 saturated heterocycles. The van der Waals surface area contributed by atoms with Gasteiger partial charge in [-0.3, -0.25) is 10.2 Å². The lowest BCUT2D eigenvalue weighted by Gasteiger charge is -2.18. The van der Waals surface area contributed by atoms with Gasteiger partial charge < -0.3 is 19.5 Å². The van der Waals surface area contributed by atoms with Crippen LogP contribution in [0.1, 0.15) is 35.4 Å². The largest absolute Gasteiger partial charge is 0.467 e. The summed E-state index contributed by atoms with van der Waals surface area (Å²) in [5, 5.41) is 2.47. The highest BCUT2D eigenvalue weighted by atomic mass is 16.6. The Morgan fingerprint density at radius 2 is 1.38 bits per heavy atom. The van der Waals surface area contributed by atoms with Crippen molar-refractivity contribution in [2.75, 3.05) is 13.7 Å². The quantitative estimate of drug-likeness (QED) is 0.217. The molecule has 0 fully saturated rings. The van der Waals surface area contributed by atoms with Crippen LogP contribution in [0.5, 0.6) is 0 Å². The molecule has 4 rings (SSSR count). The van der Waals surface area contributed by atoms with Crippen molar-refractivity contribution in [2.24, 2.45) is 0 Å². The molecular weight excluding hydrogens is 502 g/mol. The van der Waals surface area contributed by atoms with Gasteiger partial charge in [0.1, 0.15) is 19.3 Å². The fourth-order valence-electron chi connectivity index (χ4n) is 4.39. The molecule has 10 heteroatoms. The second-order valence-corrected chi connectivity index (χ2v) is 8.82. The Kier molecular flexibility index (Phi) is 9.12. The first kappa shape index (κ1) is 27.2. The third-order valence-corrected chi connectivity index (χ3v) is 6.30. The van der Waals surface area contributed by atoms with E-state index in [1.54, 1.807) is 12.1 Å². The number of methoxy groups -OCH3 is 1. The fourth-order valence-corrected chi connectivity index (χ4v) is 4.39. The molecule has 39 heavy (non-hydrogen) atoms. The van der Waals surface area contributed by atoms with E-state index in [0.717, 1.165) is 27.8 Å². The summed E-state index contributed by atoms with van der Waals surface area (Å²) < 4.78 is 15.3. The number of hydrogen-bond acceptors (Lipinski definition) is 7. The second kappa shape index (κ2) is 13.1. The van der Waals surface area contributed by atoms with E-state index in [-0.39, 0.29) is 32.0 Å². The summed E-state index contributed by atoms with van der Waals surface area (Å²) >= 11 is 0. The molecule has 1 atom stereocenters. The first-order chi connectivity index (χ1) is 19.0. The van der Waals surface area contributed by atoms with E-state index in [1.807, 2.05) is 66.7 Å². The Bertz CT molecular complexity index is 1280. The summed E-state index contributed by atoms with van der Waals surface area (Å²) in [5.74, 6) is -1.46. The van der Waals surface area contributed by atoms with Crippen molar-refractivity contribution >= 4 is 24.1 Å². The fraction of sp³-hybridized carbons (Fsp3) is 0.241. The number of esters is 1. The Morgan fingerprint density at radius 3 is 2.03 bits per heavy atom. The molecular formula is C29H29N3O7. The highest BCUT2D eigenvalue weighted by Crippen LogP contribution is 2.44. The molecule has 0 bridgehead atoms. The normalized spacial score (nSPS) is 12.3. The third kappa shape index (κ3) is 7.13. The van der Waals surface area contributed by atoms with Crippen LogP contribution in [-0.4, -0.2) is 43.8 Å². The highest BCUT2D eigenvalue weighted by molar-refractivity contribution is 5.84. The molecule has 0 aliphatic heterocycles. The van der Waals surface area contributed by atoms with Gasteiger partial charge in [0.25, 0.3) is 0 Å². The molecule has 1 aliphatic rings. The summed E-state index contributed by atoms with van der Waals surface area (Å²) in [6, 6.07) is 23.8. The average Bonchev–Trinajstić information content (AvgIpc) is 3.29. The number of alkyl carbamates (subject to hydrolysis) is 1. The first-order valence-corrected chi connectivity index (χ1v) is 12.4. The van der Waals surface area contributed by atoms with Crippen molar-refractivity contribution in [3.05, 3.63) is 95.6 Å². The second-order valence-electron chi connectivity index (χ2n) is 8.82. The van der Waals surface area contributed by atoms with Crippen LogP contribution in [0, 0.1) is 0 Å². The molecule has 1 aliphatic carbocycles. The van der Waals surface area contributed by atoms with Gasteiger partial charge in [-0.2, -0.15) is 0 Å². The maximum absolute atomic E-state index is 12.6. The van der Waals surface area contributed by atoms with E-state index in [1.165, 1.54) is 7.11 Å². The van der Waals surface area contributed by atoms with Crippen LogP contribution >= 0.6 is 0 Å². The maximum Gasteiger partial charge on any atom is 0.426 e. The van der Waals surface area contributed by atoms with Gasteiger partial charge in [-0.1, -0.05) is 78.9 Å². The molecule has 3 aromatic carbocycles. The minimum Gasteiger partial charge on any atom is -0.467 e. The maximum atomic E-state index is 12.6. The van der Waals surface area contributed by atoms with Crippen LogP contribution in [0.15, 0.2) is 78.9 Å². The summed E-state index contributed by atoms with van der Waals surface area (Å²) in [7, 11) is 1.18. The monoisotopic (exact) mass is 531 g/mol. The van der Waals surface area contributed by atoms with Crippen LogP contribution in [0.3, 0.4) is 0 Å². The highest BCUT2D eigenvalue weighted by Gasteiger charge is 2.30. The third-order valence-electron chi connectivity index (χ3n) is 6.30. The standard InChI is InChI=1S/C29H29N3O7/c1-37-27(34)25(15-16-26(33)31-32-29(36)38-17-19-9-3-2-4-10-19)30-28(35)39-18-24-22-13-7-5-11-20(22)21-12-6-8-14-23(21)24/h2-14,24-25H,15-18H2,1H3,(H,30,35)(H,31,33)(H,32,36)/t25-/m1/s1. The minimum atomic E-state index is -1.12. The van der Waals surface area contributed by atoms with Gasteiger partial charge in [0.05, 0.1) is 7.11 Å². The summed E-state index contributed by atoms with van der Waals surface area (Å²) in [6.45, 7) is 0.111. The molecule has 0 unspecified atom stereocenters. The van der Waals surface area contributed by atoms with Crippen molar-refractivity contribution in [3.8, 4) is 11.1 Å². The number of fused-ring (bicyclic) bond motifs is 3. The average molecular weight is 532 g/mol. The summed E-state index contributed by atoms with van der Waals surface area (Å²) in [5.41, 5.74) is 9.44. The van der Waals surface area contributed by atoms with Crippen LogP contribution < -0.4 is 16.2 Å². The number of ether oxygens (including phenoxy) is 3. The van der Waals surface area contributed by atoms with Crippen molar-refractivity contribution < 1.29 is 33.4 Å². The lowest BCUT2D eigenvalue weighted by atomic mass is 9.98. The van der Waals surface area contributed by atoms with Gasteiger partial charge in [0.15, 0.2) is 0 Å². The Balaban J connectivity index is 1.24. The van der Waals surface area contributed by atoms with Gasteiger partial charge in [0.2, 0.25) is 5.91 Å². The minimum absolute atomic E-state index is 0.0387. The number of nitrogens with one attached hydrogen (secondary N) is 3. The van der Waals surface area contributed by atoms with Gasteiger partial charge >= 0.3 is 18.2 Å². The predicted molar refractivity (Wildman–Crippen MR) is 141 cm³/mol. The SMILES string of the molecule is COC(=O)[C@@H](CCC(=O)NNC(=O)OCc1ccccc1)NC(=O)OCC1c2ccccc2-c2ccccc21. The van der Waals surface area contributed by atoms with Gasteiger partial charge in [-0.25, -0.2) is 19.8 Å². The number of carbonyl (C=O) groups excluding carboxylic acids is 4. The van der Waals surface area contributed by atoms with Crippen LogP contribution in [0.4, 0.5) is 9.59 Å². The summed E-state index contributed by atoms with van der Waals surface area (Å²) in [6.07, 6.45) is -1.92. The molecule has 0 radical (unpaired) electrons. The molecule has 0 heterocycles. The van der Waals surface area contributed by atoms with E-state index < -0.39 is 30.1 Å². The summed E-state index contributed by atoms with van der Waals surface area (Å²) in [4.78, 5) is 48.8. The number of rotatable bonds is 9. The molecule has 3 aromatic rings. The lowest BCUT2D eigenvalue weighted by Crippen LogP contribution is -2.45. The zero-order valence-electron chi connectivity index (χ0n) is 21.3. The molecule has 0 aromatic heterocycles. The van der Waals surface area contributed by atoms with E-state index >= 15 is 0 Å². The molecule has 0 saturated carbocycles. The molecule has 0 spiro atoms. The van der Waals surface area contributed by atoms with Crippen molar-refractivity contribution in [1.29, 1.82) is 0 Å². The van der Waals surface area contributed by atoms with Crippen LogP contribution in [0.25, 0.3) is 11.1 Å². The number of benzene rings is 3. The topological polar surface area (TPSA) is 132 Å². The van der Waals surface area contributed by atoms with Gasteiger partial charge in [-0.05, 0) is 34.2 Å². The lowest BCUT2D eigenvalue weighted by molar-refractivity contribution is -0.143. The Hall–Kier alpha value is -4.86. The van der Waals surface area contributed by atoms with Crippen molar-refractivity contribution in [1.82, 2.24) is 16.2 Å². The van der Waals surface area contributed by atoms with Crippen molar-refractivity contribution in [2.45, 2.75) is 31.4 Å². The number of hydrazine groups is 1. The molecule has 3 N–H and O–H groups in total. The van der Waals surface area contributed by atoms with E-state index in [0.29, 0.717) is 0 Å². The zero-order valence-corrected chi connectivity index (χ0v) is 21.3. The Morgan fingerprint density at radius 1 is 0.769 bits per heavy atom. The number of carbonyl (C=O) groups is 4. The smallest absolute Gasteiger partial charge is 0.426 e. The first-order valence-electron chi connectivity index (χ1n) is 12.4. The Labute approximate surface area is 225 Å². The van der Waals surface area contributed by atoms with Crippen LogP contribution in [0.2, 0.25) is 0 Å². The van der Waals surface area contributed by atoms with Crippen LogP contribution in [-0.2, 0) is 30.4 Å². The van der Waals surface area contributed by atoms with Gasteiger partial charge in [0, 0.05) is 12.3 Å². The van der Waals surface area contributed by atoms with Crippen molar-refractivity contribution in [3.63, 3.8) is 0 Å². The van der Waals surface area contributed by atoms with E-state index in [9.17, 15) is 19.2 Å². The van der Waals surface area contributed by atoms with E-state index in [2.05, 4.69) is 16.2 Å². The molecule has 3 amide bonds. The molecule has 10 nitrogen and oxygen atoms in total. The van der Waals surface area contributed by atoms with E-state index in [4.69, 9.17) is 14.2 Å². The van der Waals surface area contributed by atoms with Gasteiger partial charge in [-0.15, -0.1) is 0 Å². The number of amides is 3. The number of hydrogen-bond donors (Lipinski definition) is 3.